The van der Waals surface area contributed by atoms with E-state index in [2.05, 4.69) is 20.6 Å². The van der Waals surface area contributed by atoms with Gasteiger partial charge >= 0.3 is 6.03 Å². The van der Waals surface area contributed by atoms with Crippen molar-refractivity contribution in [3.63, 3.8) is 0 Å². The molecule has 0 fully saturated rings. The second-order valence-corrected chi connectivity index (χ2v) is 6.42. The molecule has 0 radical (unpaired) electrons. The van der Waals surface area contributed by atoms with E-state index < -0.39 is 0 Å². The van der Waals surface area contributed by atoms with E-state index in [1.54, 1.807) is 33.7 Å². The molecular weight excluding hydrogens is 316 g/mol. The molecule has 2 heterocycles. The van der Waals surface area contributed by atoms with E-state index in [9.17, 15) is 4.79 Å². The summed E-state index contributed by atoms with van der Waals surface area (Å²) < 4.78 is 2.19. The smallest absolute Gasteiger partial charge is 0.308 e. The number of aromatic nitrogens is 2. The minimum atomic E-state index is -0.288. The molecule has 0 atom stereocenters. The molecule has 0 saturated carbocycles. The largest absolute Gasteiger partial charge is 0.323 e. The van der Waals surface area contributed by atoms with Crippen molar-refractivity contribution in [3.05, 3.63) is 47.4 Å². The van der Waals surface area contributed by atoms with Gasteiger partial charge in [0.1, 0.15) is 0 Å². The molecule has 0 unspecified atom stereocenters. The van der Waals surface area contributed by atoms with Gasteiger partial charge in [-0.15, -0.1) is 22.7 Å². The van der Waals surface area contributed by atoms with Crippen LogP contribution < -0.4 is 10.6 Å². The number of nitrogens with zero attached hydrogens (tertiary/aromatic N) is 2. The molecule has 0 aliphatic heterocycles. The number of rotatable bonds is 2. The predicted molar refractivity (Wildman–Crippen MR) is 91.9 cm³/mol. The topological polar surface area (TPSA) is 66.9 Å². The monoisotopic (exact) mass is 326 g/mol. The first kappa shape index (κ1) is 13.2. The minimum Gasteiger partial charge on any atom is -0.308 e. The van der Waals surface area contributed by atoms with Crippen LogP contribution in [0.15, 0.2) is 47.4 Å². The molecule has 22 heavy (non-hydrogen) atoms. The van der Waals surface area contributed by atoms with Gasteiger partial charge in [0, 0.05) is 11.4 Å². The third-order valence-corrected chi connectivity index (χ3v) is 4.80. The SMILES string of the molecule is O=C(Nc1ccc2scnc2c1)Nc1ccc2scnc2c1. The summed E-state index contributed by atoms with van der Waals surface area (Å²) in [5.41, 5.74) is 6.77. The zero-order chi connectivity index (χ0) is 14.9. The molecule has 2 amide bonds. The lowest BCUT2D eigenvalue weighted by Gasteiger charge is -2.07. The van der Waals surface area contributed by atoms with Crippen LogP contribution in [0.3, 0.4) is 0 Å². The van der Waals surface area contributed by atoms with Gasteiger partial charge in [-0.05, 0) is 36.4 Å². The molecule has 0 aliphatic rings. The molecule has 0 bridgehead atoms. The Morgan fingerprint density at radius 1 is 0.818 bits per heavy atom. The zero-order valence-electron chi connectivity index (χ0n) is 11.2. The van der Waals surface area contributed by atoms with Crippen molar-refractivity contribution in [1.29, 1.82) is 0 Å². The fraction of sp³-hybridized carbons (Fsp3) is 0. The second kappa shape index (κ2) is 5.36. The number of urea groups is 1. The lowest BCUT2D eigenvalue weighted by molar-refractivity contribution is 0.262. The number of amides is 2. The van der Waals surface area contributed by atoms with Crippen molar-refractivity contribution >= 4 is 60.5 Å². The molecule has 108 valence electrons. The summed E-state index contributed by atoms with van der Waals surface area (Å²) in [5, 5.41) is 5.62. The van der Waals surface area contributed by atoms with Crippen molar-refractivity contribution < 1.29 is 4.79 Å². The number of nitrogens with one attached hydrogen (secondary N) is 2. The summed E-state index contributed by atoms with van der Waals surface area (Å²) >= 11 is 3.15. The van der Waals surface area contributed by atoms with E-state index in [1.165, 1.54) is 0 Å². The number of hydrogen-bond acceptors (Lipinski definition) is 5. The highest BCUT2D eigenvalue weighted by Crippen LogP contribution is 2.23. The van der Waals surface area contributed by atoms with Gasteiger partial charge in [-0.25, -0.2) is 14.8 Å². The van der Waals surface area contributed by atoms with Gasteiger partial charge < -0.3 is 10.6 Å². The molecule has 7 heteroatoms. The number of hydrogen-bond donors (Lipinski definition) is 2. The van der Waals surface area contributed by atoms with Crippen molar-refractivity contribution in [1.82, 2.24) is 9.97 Å². The van der Waals surface area contributed by atoms with E-state index in [0.29, 0.717) is 11.4 Å². The second-order valence-electron chi connectivity index (χ2n) is 4.65. The average molecular weight is 326 g/mol. The number of benzene rings is 2. The maximum absolute atomic E-state index is 12.1. The molecule has 4 aromatic rings. The molecule has 0 saturated heterocycles. The van der Waals surface area contributed by atoms with Crippen molar-refractivity contribution in [2.24, 2.45) is 0 Å². The molecule has 2 N–H and O–H groups in total. The van der Waals surface area contributed by atoms with Gasteiger partial charge in [-0.1, -0.05) is 0 Å². The Hall–Kier alpha value is -2.51. The van der Waals surface area contributed by atoms with Crippen LogP contribution in [-0.2, 0) is 0 Å². The van der Waals surface area contributed by atoms with Gasteiger partial charge in [0.2, 0.25) is 0 Å². The summed E-state index contributed by atoms with van der Waals surface area (Å²) in [7, 11) is 0. The lowest BCUT2D eigenvalue weighted by Crippen LogP contribution is -2.19. The molecule has 2 aromatic carbocycles. The third kappa shape index (κ3) is 2.51. The maximum Gasteiger partial charge on any atom is 0.323 e. The highest BCUT2D eigenvalue weighted by Gasteiger charge is 2.06. The summed E-state index contributed by atoms with van der Waals surface area (Å²) in [6.45, 7) is 0. The minimum absolute atomic E-state index is 0.288. The molecular formula is C15H10N4OS2. The Kier molecular flexibility index (Phi) is 3.21. The number of fused-ring (bicyclic) bond motifs is 2. The number of anilines is 2. The average Bonchev–Trinajstić information content (AvgIpc) is 3.14. The molecule has 5 nitrogen and oxygen atoms in total. The van der Waals surface area contributed by atoms with Crippen molar-refractivity contribution in [3.8, 4) is 0 Å². The number of carbonyl (C=O) groups is 1. The molecule has 4 rings (SSSR count). The van der Waals surface area contributed by atoms with Crippen molar-refractivity contribution in [2.75, 3.05) is 10.6 Å². The van der Waals surface area contributed by atoms with Crippen LogP contribution in [0.5, 0.6) is 0 Å². The van der Waals surface area contributed by atoms with Crippen LogP contribution in [-0.4, -0.2) is 16.0 Å². The first-order valence-electron chi connectivity index (χ1n) is 6.52. The summed E-state index contributed by atoms with van der Waals surface area (Å²) in [4.78, 5) is 20.5. The van der Waals surface area contributed by atoms with Gasteiger partial charge in [0.15, 0.2) is 0 Å². The Bertz CT molecular complexity index is 898. The molecule has 2 aromatic heterocycles. The Balaban J connectivity index is 1.51. The molecule has 0 spiro atoms. The van der Waals surface area contributed by atoms with E-state index in [1.807, 2.05) is 36.4 Å². The van der Waals surface area contributed by atoms with E-state index >= 15 is 0 Å². The summed E-state index contributed by atoms with van der Waals surface area (Å²) in [6.07, 6.45) is 0. The Morgan fingerprint density at radius 2 is 1.32 bits per heavy atom. The van der Waals surface area contributed by atoms with Crippen LogP contribution in [0.4, 0.5) is 16.2 Å². The summed E-state index contributed by atoms with van der Waals surface area (Å²) in [5.74, 6) is 0. The van der Waals surface area contributed by atoms with Gasteiger partial charge in [0.25, 0.3) is 0 Å². The highest BCUT2D eigenvalue weighted by atomic mass is 32.1. The van der Waals surface area contributed by atoms with Crippen LogP contribution in [0.25, 0.3) is 20.4 Å². The van der Waals surface area contributed by atoms with Crippen LogP contribution >= 0.6 is 22.7 Å². The van der Waals surface area contributed by atoms with E-state index in [0.717, 1.165) is 20.4 Å². The predicted octanol–water partition coefficient (Wildman–Crippen LogP) is 4.55. The normalized spacial score (nSPS) is 10.9. The van der Waals surface area contributed by atoms with E-state index in [-0.39, 0.29) is 6.03 Å². The maximum atomic E-state index is 12.1. The molecule has 0 aliphatic carbocycles. The zero-order valence-corrected chi connectivity index (χ0v) is 12.9. The van der Waals surface area contributed by atoms with Gasteiger partial charge in [0.05, 0.1) is 31.5 Å². The third-order valence-electron chi connectivity index (χ3n) is 3.18. The quantitative estimate of drug-likeness (QED) is 0.568. The first-order valence-corrected chi connectivity index (χ1v) is 8.28. The van der Waals surface area contributed by atoms with E-state index in [4.69, 9.17) is 0 Å². The summed E-state index contributed by atoms with van der Waals surface area (Å²) in [6, 6.07) is 11.1. The van der Waals surface area contributed by atoms with Crippen LogP contribution in [0, 0.1) is 0 Å². The standard InChI is InChI=1S/C15H10N4OS2/c20-15(18-9-1-3-13-11(5-9)16-7-21-13)19-10-2-4-14-12(6-10)17-8-22-14/h1-8H,(H2,18,19,20). The fourth-order valence-electron chi connectivity index (χ4n) is 2.16. The Morgan fingerprint density at radius 3 is 1.82 bits per heavy atom. The van der Waals surface area contributed by atoms with Gasteiger partial charge in [-0.3, -0.25) is 0 Å². The van der Waals surface area contributed by atoms with Gasteiger partial charge in [-0.2, -0.15) is 0 Å². The highest BCUT2D eigenvalue weighted by molar-refractivity contribution is 7.17. The number of carbonyl (C=O) groups excluding carboxylic acids is 1. The fourth-order valence-corrected chi connectivity index (χ4v) is 3.48. The lowest BCUT2D eigenvalue weighted by atomic mass is 10.3. The Labute approximate surface area is 133 Å². The number of thiazole rings is 2. The van der Waals surface area contributed by atoms with Crippen LogP contribution in [0.1, 0.15) is 0 Å². The first-order chi connectivity index (χ1) is 10.8. The van der Waals surface area contributed by atoms with Crippen LogP contribution in [0.2, 0.25) is 0 Å². The van der Waals surface area contributed by atoms with Crippen molar-refractivity contribution in [2.45, 2.75) is 0 Å².